The third-order valence-electron chi connectivity index (χ3n) is 1.64. The maximum absolute atomic E-state index is 10.7. The van der Waals surface area contributed by atoms with Gasteiger partial charge in [0.25, 0.3) is 0 Å². The van der Waals surface area contributed by atoms with E-state index in [0.29, 0.717) is 5.56 Å². The fraction of sp³-hybridized carbons (Fsp3) is 0.100. The van der Waals surface area contributed by atoms with E-state index in [4.69, 9.17) is 0 Å². The monoisotopic (exact) mass is 193 g/mol. The molecule has 0 bridgehead atoms. The van der Waals surface area contributed by atoms with E-state index in [1.165, 1.54) is 0 Å². The summed E-state index contributed by atoms with van der Waals surface area (Å²) in [6.45, 7) is 0. The lowest BCUT2D eigenvalue weighted by Crippen LogP contribution is -1.95. The van der Waals surface area contributed by atoms with Gasteiger partial charge in [0.15, 0.2) is 6.29 Å². The van der Waals surface area contributed by atoms with Crippen molar-refractivity contribution in [3.63, 3.8) is 0 Å². The van der Waals surface area contributed by atoms with Crippen LogP contribution in [0.15, 0.2) is 30.5 Å². The molecule has 0 amide bonds. The predicted molar refractivity (Wildman–Crippen MR) is 57.9 cm³/mol. The first kappa shape index (κ1) is 9.86. The Bertz CT molecular complexity index is 333. The zero-order chi connectivity index (χ0) is 9.68. The van der Waals surface area contributed by atoms with Gasteiger partial charge in [-0.05, 0) is 5.56 Å². The van der Waals surface area contributed by atoms with Crippen molar-refractivity contribution in [2.24, 2.45) is 0 Å². The Labute approximate surface area is 83.1 Å². The maximum atomic E-state index is 10.7. The van der Waals surface area contributed by atoms with E-state index in [0.717, 1.165) is 16.8 Å². The number of aldehydes is 1. The smallest absolute Gasteiger partial charge is 0.150 e. The molecule has 68 valence electrons. The lowest BCUT2D eigenvalue weighted by molar-refractivity contribution is 0.112. The molecule has 0 unspecified atom stereocenters. The molecule has 0 aliphatic heterocycles. The van der Waals surface area contributed by atoms with E-state index in [1.807, 2.05) is 18.2 Å². The summed E-state index contributed by atoms with van der Waals surface area (Å²) in [5, 5.41) is 2.86. The van der Waals surface area contributed by atoms with Gasteiger partial charge in [0.2, 0.25) is 0 Å². The molecule has 0 aliphatic carbocycles. The summed E-state index contributed by atoms with van der Waals surface area (Å²) in [5.74, 6) is 0. The highest BCUT2D eigenvalue weighted by Gasteiger charge is 2.01. The molecule has 1 rings (SSSR count). The Morgan fingerprint density at radius 3 is 2.77 bits per heavy atom. The van der Waals surface area contributed by atoms with Crippen LogP contribution in [0, 0.1) is 0 Å². The molecule has 0 aromatic heterocycles. The Hall–Kier alpha value is -1.22. The van der Waals surface area contributed by atoms with Crippen LogP contribution in [0.4, 0.5) is 0 Å². The number of carbonyl (C=O) groups is 1. The fourth-order valence-electron chi connectivity index (χ4n) is 1.05. The molecule has 13 heavy (non-hydrogen) atoms. The van der Waals surface area contributed by atoms with Gasteiger partial charge in [-0.25, -0.2) is 0 Å². The number of thiol groups is 1. The van der Waals surface area contributed by atoms with Gasteiger partial charge in [0.05, 0.1) is 0 Å². The molecule has 0 radical (unpaired) electrons. The molecule has 1 N–H and O–H groups in total. The number of nitrogens with one attached hydrogen (secondary N) is 1. The van der Waals surface area contributed by atoms with Crippen LogP contribution in [0.25, 0.3) is 4.91 Å². The van der Waals surface area contributed by atoms with Crippen LogP contribution in [0.5, 0.6) is 0 Å². The quantitative estimate of drug-likeness (QED) is 0.567. The van der Waals surface area contributed by atoms with Crippen LogP contribution in [0.1, 0.15) is 15.9 Å². The van der Waals surface area contributed by atoms with Crippen molar-refractivity contribution in [3.05, 3.63) is 41.6 Å². The van der Waals surface area contributed by atoms with Gasteiger partial charge >= 0.3 is 0 Å². The average molecular weight is 193 g/mol. The van der Waals surface area contributed by atoms with Crippen molar-refractivity contribution >= 4 is 23.8 Å². The average Bonchev–Trinajstić information content (AvgIpc) is 2.18. The Balaban J connectivity index is 3.12. The first-order valence-electron chi connectivity index (χ1n) is 3.90. The summed E-state index contributed by atoms with van der Waals surface area (Å²) in [4.78, 5) is 11.4. The first-order valence-corrected chi connectivity index (χ1v) is 4.35. The van der Waals surface area contributed by atoms with E-state index < -0.39 is 0 Å². The Kier molecular flexibility index (Phi) is 3.58. The summed E-state index contributed by atoms with van der Waals surface area (Å²) >= 11 is 4.26. The molecule has 0 spiro atoms. The third kappa shape index (κ3) is 2.36. The number of hydrogen-bond acceptors (Lipinski definition) is 3. The SMILES string of the molecule is CN/C=C(/S)c1ccccc1C=O. The standard InChI is InChI=1S/C10H11NOS/c1-11-6-10(13)9-5-3-2-4-8(9)7-12/h2-7,11,13H,1H3/b10-6+. The molecular formula is C10H11NOS. The van der Waals surface area contributed by atoms with Crippen LogP contribution in [0.2, 0.25) is 0 Å². The minimum absolute atomic E-state index is 0.652. The minimum Gasteiger partial charge on any atom is -0.393 e. The van der Waals surface area contributed by atoms with Crippen molar-refractivity contribution in [1.82, 2.24) is 5.32 Å². The van der Waals surface area contributed by atoms with E-state index in [9.17, 15) is 4.79 Å². The van der Waals surface area contributed by atoms with E-state index in [2.05, 4.69) is 17.9 Å². The van der Waals surface area contributed by atoms with E-state index in [-0.39, 0.29) is 0 Å². The maximum Gasteiger partial charge on any atom is 0.150 e. The molecule has 0 atom stereocenters. The summed E-state index contributed by atoms with van der Waals surface area (Å²) in [6, 6.07) is 7.33. The zero-order valence-electron chi connectivity index (χ0n) is 7.32. The number of hydrogen-bond donors (Lipinski definition) is 2. The summed E-state index contributed by atoms with van der Waals surface area (Å²) in [5.41, 5.74) is 1.49. The van der Waals surface area contributed by atoms with Crippen LogP contribution in [0.3, 0.4) is 0 Å². The molecule has 0 heterocycles. The van der Waals surface area contributed by atoms with Gasteiger partial charge in [-0.15, -0.1) is 12.6 Å². The molecule has 0 saturated heterocycles. The van der Waals surface area contributed by atoms with E-state index in [1.54, 1.807) is 19.3 Å². The van der Waals surface area contributed by atoms with Crippen molar-refractivity contribution in [2.45, 2.75) is 0 Å². The van der Waals surface area contributed by atoms with Crippen molar-refractivity contribution < 1.29 is 4.79 Å². The van der Waals surface area contributed by atoms with Gasteiger partial charge < -0.3 is 5.32 Å². The summed E-state index contributed by atoms with van der Waals surface area (Å²) in [7, 11) is 1.79. The fourth-order valence-corrected chi connectivity index (χ4v) is 1.38. The molecule has 0 saturated carbocycles. The van der Waals surface area contributed by atoms with Crippen LogP contribution < -0.4 is 5.32 Å². The highest BCUT2D eigenvalue weighted by atomic mass is 32.1. The Morgan fingerprint density at radius 2 is 2.15 bits per heavy atom. The van der Waals surface area contributed by atoms with Crippen LogP contribution >= 0.6 is 12.6 Å². The molecule has 1 aromatic rings. The van der Waals surface area contributed by atoms with Crippen molar-refractivity contribution in [2.75, 3.05) is 7.05 Å². The van der Waals surface area contributed by atoms with Gasteiger partial charge in [-0.3, -0.25) is 4.79 Å². The second-order valence-electron chi connectivity index (χ2n) is 2.52. The molecule has 1 aromatic carbocycles. The minimum atomic E-state index is 0.652. The third-order valence-corrected chi connectivity index (χ3v) is 2.01. The highest BCUT2D eigenvalue weighted by molar-refractivity contribution is 7.90. The number of benzene rings is 1. The second kappa shape index (κ2) is 4.72. The van der Waals surface area contributed by atoms with Gasteiger partial charge in [0, 0.05) is 23.7 Å². The summed E-state index contributed by atoms with van der Waals surface area (Å²) in [6.07, 6.45) is 2.57. The molecule has 3 heteroatoms. The zero-order valence-corrected chi connectivity index (χ0v) is 8.21. The molecule has 2 nitrogen and oxygen atoms in total. The van der Waals surface area contributed by atoms with Crippen LogP contribution in [-0.4, -0.2) is 13.3 Å². The molecular weight excluding hydrogens is 182 g/mol. The topological polar surface area (TPSA) is 29.1 Å². The van der Waals surface area contributed by atoms with Crippen molar-refractivity contribution in [3.8, 4) is 0 Å². The van der Waals surface area contributed by atoms with E-state index >= 15 is 0 Å². The second-order valence-corrected chi connectivity index (χ2v) is 3.01. The lowest BCUT2D eigenvalue weighted by atomic mass is 10.1. The number of rotatable bonds is 3. The Morgan fingerprint density at radius 1 is 1.46 bits per heavy atom. The summed E-state index contributed by atoms with van der Waals surface area (Å²) < 4.78 is 0. The number of carbonyl (C=O) groups excluding carboxylic acids is 1. The largest absolute Gasteiger partial charge is 0.393 e. The lowest BCUT2D eigenvalue weighted by Gasteiger charge is -2.03. The first-order chi connectivity index (χ1) is 6.29. The van der Waals surface area contributed by atoms with Crippen molar-refractivity contribution in [1.29, 1.82) is 0 Å². The van der Waals surface area contributed by atoms with Gasteiger partial charge in [-0.1, -0.05) is 24.3 Å². The predicted octanol–water partition coefficient (Wildman–Crippen LogP) is 1.95. The van der Waals surface area contributed by atoms with Crippen LogP contribution in [-0.2, 0) is 0 Å². The molecule has 0 fully saturated rings. The highest BCUT2D eigenvalue weighted by Crippen LogP contribution is 2.20. The normalized spacial score (nSPS) is 11.1. The van der Waals surface area contributed by atoms with Gasteiger partial charge in [0.1, 0.15) is 0 Å². The molecule has 0 aliphatic rings. The van der Waals surface area contributed by atoms with Gasteiger partial charge in [-0.2, -0.15) is 0 Å².